The Labute approximate surface area is 140 Å². The lowest BCUT2D eigenvalue weighted by Crippen LogP contribution is -2.45. The molecule has 1 amide bonds. The Bertz CT molecular complexity index is 688. The molecule has 1 N–H and O–H groups in total. The van der Waals surface area contributed by atoms with Crippen LogP contribution in [0.2, 0.25) is 0 Å². The molecular weight excluding hydrogens is 308 g/mol. The first-order valence-corrected chi connectivity index (χ1v) is 9.39. The molecule has 1 aliphatic carbocycles. The number of amides is 1. The van der Waals surface area contributed by atoms with Crippen LogP contribution < -0.4 is 5.32 Å². The predicted octanol–water partition coefficient (Wildman–Crippen LogP) is 2.55. The van der Waals surface area contributed by atoms with Gasteiger partial charge in [-0.3, -0.25) is 9.48 Å². The molecule has 2 aliphatic rings. The monoisotopic (exact) mass is 332 g/mol. The lowest BCUT2D eigenvalue weighted by Gasteiger charge is -2.32. The number of thiophene rings is 1. The second-order valence-corrected chi connectivity index (χ2v) is 7.99. The number of hydrogen-bond acceptors (Lipinski definition) is 4. The lowest BCUT2D eigenvalue weighted by atomic mass is 10.0. The molecule has 23 heavy (non-hydrogen) atoms. The van der Waals surface area contributed by atoms with Gasteiger partial charge < -0.3 is 10.2 Å². The number of rotatable bonds is 4. The summed E-state index contributed by atoms with van der Waals surface area (Å²) in [7, 11) is 1.94. The van der Waals surface area contributed by atoms with Gasteiger partial charge in [0.05, 0.1) is 10.6 Å². The van der Waals surface area contributed by atoms with Crippen molar-refractivity contribution in [3.63, 3.8) is 0 Å². The summed E-state index contributed by atoms with van der Waals surface area (Å²) < 4.78 is 1.88. The number of fused-ring (bicyclic) bond motifs is 1. The molecule has 4 rings (SSSR count). The second-order valence-electron chi connectivity index (χ2n) is 6.96. The van der Waals surface area contributed by atoms with Gasteiger partial charge in [-0.15, -0.1) is 11.3 Å². The van der Waals surface area contributed by atoms with Crippen LogP contribution in [0.4, 0.5) is 0 Å². The van der Waals surface area contributed by atoms with E-state index in [0.717, 1.165) is 52.6 Å². The second kappa shape index (κ2) is 5.91. The zero-order chi connectivity index (χ0) is 16.0. The number of aromatic nitrogens is 2. The molecule has 6 heteroatoms. The quantitative estimate of drug-likeness (QED) is 0.936. The van der Waals surface area contributed by atoms with Gasteiger partial charge in [-0.2, -0.15) is 5.10 Å². The molecule has 1 aliphatic heterocycles. The molecule has 2 aromatic rings. The molecule has 1 saturated carbocycles. The maximum Gasteiger partial charge on any atom is 0.264 e. The van der Waals surface area contributed by atoms with E-state index < -0.39 is 0 Å². The van der Waals surface area contributed by atoms with Gasteiger partial charge in [0.25, 0.3) is 5.91 Å². The van der Waals surface area contributed by atoms with E-state index in [-0.39, 0.29) is 5.91 Å². The molecule has 5 nitrogen and oxygen atoms in total. The summed E-state index contributed by atoms with van der Waals surface area (Å²) in [5.74, 6) is 1.11. The topological polar surface area (TPSA) is 50.2 Å². The van der Waals surface area contributed by atoms with Crippen molar-refractivity contribution in [1.82, 2.24) is 20.0 Å². The van der Waals surface area contributed by atoms with E-state index in [0.29, 0.717) is 6.04 Å². The summed E-state index contributed by atoms with van der Waals surface area (Å²) >= 11 is 1.56. The van der Waals surface area contributed by atoms with Crippen LogP contribution in [-0.4, -0.2) is 46.3 Å². The summed E-state index contributed by atoms with van der Waals surface area (Å²) in [6.07, 6.45) is 4.93. The highest BCUT2D eigenvalue weighted by Crippen LogP contribution is 2.30. The van der Waals surface area contributed by atoms with Crippen LogP contribution in [0.5, 0.6) is 0 Å². The molecule has 3 heterocycles. The van der Waals surface area contributed by atoms with Gasteiger partial charge in [0.2, 0.25) is 0 Å². The highest BCUT2D eigenvalue weighted by molar-refractivity contribution is 7.20. The Morgan fingerprint density at radius 3 is 2.74 bits per heavy atom. The van der Waals surface area contributed by atoms with Gasteiger partial charge in [-0.1, -0.05) is 0 Å². The zero-order valence-corrected chi connectivity index (χ0v) is 14.7. The molecule has 124 valence electrons. The Morgan fingerprint density at radius 2 is 2.09 bits per heavy atom. The van der Waals surface area contributed by atoms with Crippen molar-refractivity contribution in [2.45, 2.75) is 38.6 Å². The van der Waals surface area contributed by atoms with E-state index in [1.165, 1.54) is 19.4 Å². The van der Waals surface area contributed by atoms with Crippen LogP contribution >= 0.6 is 11.3 Å². The average molecular weight is 332 g/mol. The first kappa shape index (κ1) is 15.1. The molecule has 0 aromatic carbocycles. The van der Waals surface area contributed by atoms with Crippen molar-refractivity contribution in [1.29, 1.82) is 0 Å². The third kappa shape index (κ3) is 3.02. The van der Waals surface area contributed by atoms with E-state index in [2.05, 4.69) is 10.4 Å². The number of carbonyl (C=O) groups excluding carboxylic acids is 1. The number of piperidine rings is 1. The standard InChI is InChI=1S/C17H24N4OS/c1-11-14-9-15(23-17(14)20(2)19-11)16(22)21-7-5-13(6-8-21)18-10-12-3-4-12/h9,12-13,18H,3-8,10H2,1-2H3. The largest absolute Gasteiger partial charge is 0.338 e. The first-order chi connectivity index (χ1) is 11.1. The normalized spacial score (nSPS) is 19.7. The molecule has 0 spiro atoms. The van der Waals surface area contributed by atoms with Crippen LogP contribution in [0.3, 0.4) is 0 Å². The van der Waals surface area contributed by atoms with Crippen molar-refractivity contribution < 1.29 is 4.79 Å². The summed E-state index contributed by atoms with van der Waals surface area (Å²) in [4.78, 5) is 16.7. The van der Waals surface area contributed by atoms with Crippen molar-refractivity contribution in [3.8, 4) is 0 Å². The summed E-state index contributed by atoms with van der Waals surface area (Å²) in [6.45, 7) is 4.90. The third-order valence-corrected chi connectivity index (χ3v) is 6.27. The third-order valence-electron chi connectivity index (χ3n) is 5.08. The minimum Gasteiger partial charge on any atom is -0.338 e. The Hall–Kier alpha value is -1.40. The van der Waals surface area contributed by atoms with Gasteiger partial charge in [0.15, 0.2) is 0 Å². The van der Waals surface area contributed by atoms with Crippen LogP contribution in [0, 0.1) is 12.8 Å². The van der Waals surface area contributed by atoms with Crippen molar-refractivity contribution in [2.75, 3.05) is 19.6 Å². The van der Waals surface area contributed by atoms with Gasteiger partial charge in [0.1, 0.15) is 4.83 Å². The van der Waals surface area contributed by atoms with E-state index >= 15 is 0 Å². The molecule has 1 saturated heterocycles. The number of nitrogens with zero attached hydrogens (tertiary/aromatic N) is 3. The fourth-order valence-corrected chi connectivity index (χ4v) is 4.50. The number of nitrogens with one attached hydrogen (secondary N) is 1. The van der Waals surface area contributed by atoms with E-state index in [4.69, 9.17) is 0 Å². The minimum absolute atomic E-state index is 0.186. The summed E-state index contributed by atoms with van der Waals surface area (Å²) in [5, 5.41) is 9.19. The molecular formula is C17H24N4OS. The molecule has 0 bridgehead atoms. The molecule has 0 atom stereocenters. The fraction of sp³-hybridized carbons (Fsp3) is 0.647. The van der Waals surface area contributed by atoms with Gasteiger partial charge >= 0.3 is 0 Å². The molecule has 2 fully saturated rings. The Balaban J connectivity index is 1.39. The summed E-state index contributed by atoms with van der Waals surface area (Å²) in [5.41, 5.74) is 1.00. The van der Waals surface area contributed by atoms with Crippen molar-refractivity contribution >= 4 is 27.5 Å². The highest BCUT2D eigenvalue weighted by Gasteiger charge is 2.27. The number of carbonyl (C=O) groups is 1. The lowest BCUT2D eigenvalue weighted by molar-refractivity contribution is 0.0710. The maximum atomic E-state index is 12.8. The van der Waals surface area contributed by atoms with Gasteiger partial charge in [0, 0.05) is 31.6 Å². The smallest absolute Gasteiger partial charge is 0.264 e. The Kier molecular flexibility index (Phi) is 3.89. The molecule has 0 radical (unpaired) electrons. The molecule has 0 unspecified atom stereocenters. The van der Waals surface area contributed by atoms with Crippen molar-refractivity contribution in [2.24, 2.45) is 13.0 Å². The van der Waals surface area contributed by atoms with Gasteiger partial charge in [-0.05, 0) is 51.1 Å². The fourth-order valence-electron chi connectivity index (χ4n) is 3.41. The Morgan fingerprint density at radius 1 is 1.35 bits per heavy atom. The summed E-state index contributed by atoms with van der Waals surface area (Å²) in [6, 6.07) is 2.61. The number of aryl methyl sites for hydroxylation is 2. The SMILES string of the molecule is Cc1nn(C)c2sc(C(=O)N3CCC(NCC4CC4)CC3)cc12. The minimum atomic E-state index is 0.186. The zero-order valence-electron chi connectivity index (χ0n) is 13.8. The predicted molar refractivity (Wildman–Crippen MR) is 93.0 cm³/mol. The first-order valence-electron chi connectivity index (χ1n) is 8.57. The van der Waals surface area contributed by atoms with Gasteiger partial charge in [-0.25, -0.2) is 0 Å². The van der Waals surface area contributed by atoms with Crippen LogP contribution in [0.25, 0.3) is 10.2 Å². The highest BCUT2D eigenvalue weighted by atomic mass is 32.1. The van der Waals surface area contributed by atoms with Crippen LogP contribution in [0.1, 0.15) is 41.0 Å². The van der Waals surface area contributed by atoms with E-state index in [1.807, 2.05) is 29.6 Å². The van der Waals surface area contributed by atoms with Crippen molar-refractivity contribution in [3.05, 3.63) is 16.6 Å². The number of hydrogen-bond donors (Lipinski definition) is 1. The number of likely N-dealkylation sites (tertiary alicyclic amines) is 1. The average Bonchev–Trinajstić information content (AvgIpc) is 3.21. The maximum absolute atomic E-state index is 12.8. The van der Waals surface area contributed by atoms with E-state index in [1.54, 1.807) is 11.3 Å². The van der Waals surface area contributed by atoms with Crippen LogP contribution in [0.15, 0.2) is 6.07 Å². The van der Waals surface area contributed by atoms with E-state index in [9.17, 15) is 4.79 Å². The molecule has 2 aromatic heterocycles. The van der Waals surface area contributed by atoms with Crippen LogP contribution in [-0.2, 0) is 7.05 Å².